The van der Waals surface area contributed by atoms with Gasteiger partial charge in [-0.15, -0.1) is 0 Å². The van der Waals surface area contributed by atoms with Gasteiger partial charge in [0, 0.05) is 13.1 Å². The number of nitrogens with zero attached hydrogens (tertiary/aromatic N) is 2. The highest BCUT2D eigenvalue weighted by molar-refractivity contribution is 7.92. The topological polar surface area (TPSA) is 96.0 Å². The minimum atomic E-state index is -3.87. The van der Waals surface area contributed by atoms with E-state index in [-0.39, 0.29) is 34.1 Å². The minimum absolute atomic E-state index is 0.0859. The van der Waals surface area contributed by atoms with E-state index in [1.54, 1.807) is 25.1 Å². The van der Waals surface area contributed by atoms with Crippen molar-refractivity contribution in [3.8, 4) is 5.75 Å². The first kappa shape index (κ1) is 29.7. The van der Waals surface area contributed by atoms with Gasteiger partial charge in [0.15, 0.2) is 0 Å². The maximum Gasteiger partial charge on any atom is 0.244 e. The van der Waals surface area contributed by atoms with Crippen LogP contribution in [0.25, 0.3) is 0 Å². The van der Waals surface area contributed by atoms with Crippen molar-refractivity contribution in [2.75, 3.05) is 30.8 Å². The molecule has 0 aromatic heterocycles. The van der Waals surface area contributed by atoms with Gasteiger partial charge in [-0.3, -0.25) is 13.9 Å². The van der Waals surface area contributed by atoms with Crippen LogP contribution in [0, 0.1) is 5.92 Å². The lowest BCUT2D eigenvalue weighted by Gasteiger charge is -2.33. The zero-order valence-corrected chi connectivity index (χ0v) is 23.5. The molecule has 2 rings (SSSR count). The molecule has 0 radical (unpaired) electrons. The Labute approximate surface area is 223 Å². The molecule has 198 valence electrons. The fourth-order valence-corrected chi connectivity index (χ4v) is 4.70. The molecule has 36 heavy (non-hydrogen) atoms. The highest BCUT2D eigenvalue weighted by Crippen LogP contribution is 2.29. The van der Waals surface area contributed by atoms with E-state index in [1.807, 2.05) is 19.9 Å². The molecule has 2 amide bonds. The van der Waals surface area contributed by atoms with Crippen LogP contribution in [0.15, 0.2) is 42.5 Å². The third-order valence-electron chi connectivity index (χ3n) is 5.43. The van der Waals surface area contributed by atoms with E-state index in [0.29, 0.717) is 18.7 Å². The van der Waals surface area contributed by atoms with E-state index < -0.39 is 28.5 Å². The average Bonchev–Trinajstić information content (AvgIpc) is 2.82. The molecule has 0 unspecified atom stereocenters. The van der Waals surface area contributed by atoms with Crippen LogP contribution in [0.4, 0.5) is 5.69 Å². The molecule has 0 saturated heterocycles. The summed E-state index contributed by atoms with van der Waals surface area (Å²) in [6.45, 7) is 5.77. The van der Waals surface area contributed by atoms with Crippen LogP contribution in [0.2, 0.25) is 10.0 Å². The number of carbonyl (C=O) groups excluding carboxylic acids is 2. The summed E-state index contributed by atoms with van der Waals surface area (Å²) in [6.07, 6.45) is 1.34. The number of anilines is 1. The summed E-state index contributed by atoms with van der Waals surface area (Å²) in [4.78, 5) is 28.2. The standard InChI is InChI=1S/C25H33Cl2N3O5S/c1-6-23(25(32)28-14-17(2)3)29(15-18-8-7-9-20(12-18)35-4)24(31)16-30(36(5,33)34)19-10-11-21(26)22(27)13-19/h7-13,17,23H,6,14-16H2,1-5H3,(H,28,32)/t23-/m1/s1. The predicted octanol–water partition coefficient (Wildman–Crippen LogP) is 4.35. The number of nitrogens with one attached hydrogen (secondary N) is 1. The van der Waals surface area contributed by atoms with Crippen LogP contribution in [0.5, 0.6) is 5.75 Å². The van der Waals surface area contributed by atoms with Gasteiger partial charge in [-0.05, 0) is 48.2 Å². The van der Waals surface area contributed by atoms with Gasteiger partial charge in [-0.2, -0.15) is 0 Å². The van der Waals surface area contributed by atoms with E-state index in [9.17, 15) is 18.0 Å². The lowest BCUT2D eigenvalue weighted by molar-refractivity contribution is -0.140. The van der Waals surface area contributed by atoms with E-state index in [4.69, 9.17) is 27.9 Å². The summed E-state index contributed by atoms with van der Waals surface area (Å²) in [7, 11) is -2.33. The number of hydrogen-bond acceptors (Lipinski definition) is 5. The molecule has 0 saturated carbocycles. The number of sulfonamides is 1. The van der Waals surface area contributed by atoms with Gasteiger partial charge in [0.25, 0.3) is 0 Å². The zero-order chi connectivity index (χ0) is 27.0. The summed E-state index contributed by atoms with van der Waals surface area (Å²) in [5.74, 6) is -0.0149. The quantitative estimate of drug-likeness (QED) is 0.418. The fraction of sp³-hybridized carbons (Fsp3) is 0.440. The van der Waals surface area contributed by atoms with E-state index in [2.05, 4.69) is 5.32 Å². The third-order valence-corrected chi connectivity index (χ3v) is 7.31. The lowest BCUT2D eigenvalue weighted by atomic mass is 10.1. The van der Waals surface area contributed by atoms with Crippen LogP contribution in [0.3, 0.4) is 0 Å². The van der Waals surface area contributed by atoms with Crippen molar-refractivity contribution >= 4 is 50.7 Å². The third kappa shape index (κ3) is 8.28. The lowest BCUT2D eigenvalue weighted by Crippen LogP contribution is -2.52. The molecule has 0 aliphatic rings. The Morgan fingerprint density at radius 3 is 2.33 bits per heavy atom. The molecule has 0 spiro atoms. The second-order valence-corrected chi connectivity index (χ2v) is 11.5. The predicted molar refractivity (Wildman–Crippen MR) is 144 cm³/mol. The minimum Gasteiger partial charge on any atom is -0.497 e. The van der Waals surface area contributed by atoms with Crippen molar-refractivity contribution in [2.45, 2.75) is 39.8 Å². The Bertz CT molecular complexity index is 1170. The Hall–Kier alpha value is -2.49. The Balaban J connectivity index is 2.46. The Kier molecular flexibility index (Phi) is 10.9. The van der Waals surface area contributed by atoms with Gasteiger partial charge in [0.1, 0.15) is 18.3 Å². The molecule has 11 heteroatoms. The average molecular weight is 559 g/mol. The molecule has 1 N–H and O–H groups in total. The second kappa shape index (κ2) is 13.2. The molecule has 0 aliphatic heterocycles. The first-order valence-corrected chi connectivity index (χ1v) is 14.1. The van der Waals surface area contributed by atoms with Gasteiger partial charge in [-0.1, -0.05) is 56.1 Å². The molecule has 1 atom stereocenters. The van der Waals surface area contributed by atoms with Crippen molar-refractivity contribution in [3.05, 3.63) is 58.1 Å². The molecular formula is C25H33Cl2N3O5S. The highest BCUT2D eigenvalue weighted by atomic mass is 35.5. The van der Waals surface area contributed by atoms with Gasteiger partial charge < -0.3 is 15.0 Å². The number of benzene rings is 2. The number of rotatable bonds is 12. The largest absolute Gasteiger partial charge is 0.497 e. The first-order chi connectivity index (χ1) is 16.9. The second-order valence-electron chi connectivity index (χ2n) is 8.80. The number of ether oxygens (including phenoxy) is 1. The SMILES string of the molecule is CC[C@H](C(=O)NCC(C)C)N(Cc1cccc(OC)c1)C(=O)CN(c1ccc(Cl)c(Cl)c1)S(C)(=O)=O. The van der Waals surface area contributed by atoms with Crippen LogP contribution in [-0.4, -0.2) is 57.6 Å². The summed E-state index contributed by atoms with van der Waals surface area (Å²) in [5, 5.41) is 3.30. The molecule has 2 aromatic rings. The Morgan fingerprint density at radius 1 is 1.08 bits per heavy atom. The van der Waals surface area contributed by atoms with Gasteiger partial charge in [-0.25, -0.2) is 8.42 Å². The molecule has 2 aromatic carbocycles. The number of hydrogen-bond donors (Lipinski definition) is 1. The number of methoxy groups -OCH3 is 1. The van der Waals surface area contributed by atoms with Gasteiger partial charge in [0.05, 0.1) is 29.1 Å². The molecule has 0 heterocycles. The maximum absolute atomic E-state index is 13.7. The smallest absolute Gasteiger partial charge is 0.244 e. The highest BCUT2D eigenvalue weighted by Gasteiger charge is 2.32. The Morgan fingerprint density at radius 2 is 1.78 bits per heavy atom. The summed E-state index contributed by atoms with van der Waals surface area (Å²) >= 11 is 12.1. The van der Waals surface area contributed by atoms with E-state index in [0.717, 1.165) is 16.1 Å². The van der Waals surface area contributed by atoms with Crippen molar-refractivity contribution < 1.29 is 22.7 Å². The first-order valence-electron chi connectivity index (χ1n) is 11.5. The number of halogens is 2. The van der Waals surface area contributed by atoms with Gasteiger partial charge >= 0.3 is 0 Å². The van der Waals surface area contributed by atoms with Crippen LogP contribution >= 0.6 is 23.2 Å². The number of carbonyl (C=O) groups is 2. The normalized spacial score (nSPS) is 12.2. The van der Waals surface area contributed by atoms with Crippen molar-refractivity contribution in [2.24, 2.45) is 5.92 Å². The zero-order valence-electron chi connectivity index (χ0n) is 21.1. The molecular weight excluding hydrogens is 525 g/mol. The van der Waals surface area contributed by atoms with Crippen molar-refractivity contribution in [3.63, 3.8) is 0 Å². The molecule has 0 fully saturated rings. The van der Waals surface area contributed by atoms with E-state index >= 15 is 0 Å². The fourth-order valence-electron chi connectivity index (χ4n) is 3.56. The van der Waals surface area contributed by atoms with Crippen LogP contribution in [-0.2, 0) is 26.2 Å². The molecule has 0 aliphatic carbocycles. The van der Waals surface area contributed by atoms with E-state index in [1.165, 1.54) is 30.2 Å². The monoisotopic (exact) mass is 557 g/mol. The van der Waals surface area contributed by atoms with Crippen LogP contribution in [0.1, 0.15) is 32.8 Å². The molecule has 8 nitrogen and oxygen atoms in total. The summed E-state index contributed by atoms with van der Waals surface area (Å²) < 4.78 is 31.6. The van der Waals surface area contributed by atoms with Crippen LogP contribution < -0.4 is 14.4 Å². The van der Waals surface area contributed by atoms with Gasteiger partial charge in [0.2, 0.25) is 21.8 Å². The van der Waals surface area contributed by atoms with Crippen molar-refractivity contribution in [1.29, 1.82) is 0 Å². The summed E-state index contributed by atoms with van der Waals surface area (Å²) in [5.41, 5.74) is 0.928. The molecule has 0 bridgehead atoms. The maximum atomic E-state index is 13.7. The summed E-state index contributed by atoms with van der Waals surface area (Å²) in [6, 6.07) is 10.7. The number of amides is 2. The van der Waals surface area contributed by atoms with Crippen molar-refractivity contribution in [1.82, 2.24) is 10.2 Å².